The van der Waals surface area contributed by atoms with E-state index in [2.05, 4.69) is 59.5 Å². The van der Waals surface area contributed by atoms with Gasteiger partial charge in [-0.15, -0.1) is 10.2 Å². The zero-order chi connectivity index (χ0) is 10.7. The second-order valence-corrected chi connectivity index (χ2v) is 6.01. The van der Waals surface area contributed by atoms with Crippen LogP contribution in [-0.4, -0.2) is 10.2 Å². The fraction of sp³-hybridized carbons (Fsp3) is 0.111. The summed E-state index contributed by atoms with van der Waals surface area (Å²) < 4.78 is 1.88. The van der Waals surface area contributed by atoms with Gasteiger partial charge >= 0.3 is 0 Å². The molecule has 0 bridgehead atoms. The van der Waals surface area contributed by atoms with E-state index in [0.717, 1.165) is 20.1 Å². The first kappa shape index (κ1) is 11.0. The Bertz CT molecular complexity index is 441. The summed E-state index contributed by atoms with van der Waals surface area (Å²) >= 11 is 8.15. The summed E-state index contributed by atoms with van der Waals surface area (Å²) in [6, 6.07) is 8.17. The van der Waals surface area contributed by atoms with Gasteiger partial charge in [0.25, 0.3) is 0 Å². The van der Waals surface area contributed by atoms with Gasteiger partial charge in [0.2, 0.25) is 5.13 Å². The summed E-state index contributed by atoms with van der Waals surface area (Å²) in [5.74, 6) is 0. The third-order valence-electron chi connectivity index (χ3n) is 1.76. The summed E-state index contributed by atoms with van der Waals surface area (Å²) in [7, 11) is 0. The minimum Gasteiger partial charge on any atom is -0.356 e. The number of anilines is 1. The van der Waals surface area contributed by atoms with E-state index >= 15 is 0 Å². The molecule has 1 aromatic carbocycles. The topological polar surface area (TPSA) is 37.8 Å². The molecule has 6 heteroatoms. The van der Waals surface area contributed by atoms with Crippen LogP contribution in [0, 0.1) is 0 Å². The van der Waals surface area contributed by atoms with Crippen molar-refractivity contribution in [2.24, 2.45) is 0 Å². The Morgan fingerprint density at radius 3 is 2.47 bits per heavy atom. The van der Waals surface area contributed by atoms with Crippen molar-refractivity contribution in [1.29, 1.82) is 0 Å². The number of hydrogen-bond acceptors (Lipinski definition) is 4. The second-order valence-electron chi connectivity index (χ2n) is 2.84. The predicted molar refractivity (Wildman–Crippen MR) is 69.1 cm³/mol. The van der Waals surface area contributed by atoms with Crippen LogP contribution in [0.4, 0.5) is 5.13 Å². The number of benzene rings is 1. The Labute approximate surface area is 108 Å². The summed E-state index contributed by atoms with van der Waals surface area (Å²) in [6.07, 6.45) is 0. The maximum absolute atomic E-state index is 3.95. The number of nitrogens with zero attached hydrogens (tertiary/aromatic N) is 2. The average Bonchev–Trinajstić information content (AvgIpc) is 2.64. The van der Waals surface area contributed by atoms with Crippen LogP contribution in [0.5, 0.6) is 0 Å². The maximum Gasteiger partial charge on any atom is 0.206 e. The molecule has 1 heterocycles. The van der Waals surface area contributed by atoms with Gasteiger partial charge < -0.3 is 5.32 Å². The van der Waals surface area contributed by atoms with Crippen LogP contribution in [0.2, 0.25) is 0 Å². The molecule has 0 saturated carbocycles. The lowest BCUT2D eigenvalue weighted by atomic mass is 10.2. The van der Waals surface area contributed by atoms with E-state index in [0.29, 0.717) is 0 Å². The van der Waals surface area contributed by atoms with Crippen LogP contribution in [0.15, 0.2) is 32.7 Å². The second kappa shape index (κ2) is 5.05. The highest BCUT2D eigenvalue weighted by Crippen LogP contribution is 2.20. The molecule has 0 fully saturated rings. The van der Waals surface area contributed by atoms with Crippen LogP contribution in [0.25, 0.3) is 0 Å². The third-order valence-corrected chi connectivity index (χ3v) is 3.60. The van der Waals surface area contributed by atoms with Crippen molar-refractivity contribution in [3.8, 4) is 0 Å². The molecule has 15 heavy (non-hydrogen) atoms. The molecule has 0 radical (unpaired) electrons. The Hall–Kier alpha value is -0.460. The van der Waals surface area contributed by atoms with E-state index in [9.17, 15) is 0 Å². The van der Waals surface area contributed by atoms with Crippen molar-refractivity contribution >= 4 is 48.3 Å². The Balaban J connectivity index is 1.96. The van der Waals surface area contributed by atoms with Crippen molar-refractivity contribution in [2.75, 3.05) is 5.32 Å². The van der Waals surface area contributed by atoms with E-state index in [4.69, 9.17) is 0 Å². The number of aromatic nitrogens is 2. The number of rotatable bonds is 3. The molecule has 0 saturated heterocycles. The number of hydrogen-bond donors (Lipinski definition) is 1. The van der Waals surface area contributed by atoms with Gasteiger partial charge in [0.15, 0.2) is 3.92 Å². The Kier molecular flexibility index (Phi) is 3.71. The lowest BCUT2D eigenvalue weighted by molar-refractivity contribution is 1.04. The standard InChI is InChI=1S/C9H7Br2N3S/c10-7-3-1-6(2-4-7)5-12-9-14-13-8(11)15-9/h1-4H,5H2,(H,12,14). The van der Waals surface area contributed by atoms with Gasteiger partial charge in [-0.25, -0.2) is 0 Å². The van der Waals surface area contributed by atoms with Gasteiger partial charge in [0, 0.05) is 11.0 Å². The first-order chi connectivity index (χ1) is 7.24. The fourth-order valence-corrected chi connectivity index (χ4v) is 2.33. The minimum absolute atomic E-state index is 0.759. The van der Waals surface area contributed by atoms with Gasteiger partial charge in [0.1, 0.15) is 0 Å². The first-order valence-corrected chi connectivity index (χ1v) is 6.61. The molecule has 0 unspecified atom stereocenters. The molecule has 0 aliphatic carbocycles. The molecule has 0 atom stereocenters. The lowest BCUT2D eigenvalue weighted by Crippen LogP contribution is -1.98. The highest BCUT2D eigenvalue weighted by Gasteiger charge is 2.00. The molecule has 1 aromatic heterocycles. The summed E-state index contributed by atoms with van der Waals surface area (Å²) in [5.41, 5.74) is 1.21. The van der Waals surface area contributed by atoms with E-state index in [1.807, 2.05) is 12.1 Å². The van der Waals surface area contributed by atoms with Crippen molar-refractivity contribution in [3.05, 3.63) is 38.2 Å². The molecule has 78 valence electrons. The van der Waals surface area contributed by atoms with Crippen molar-refractivity contribution < 1.29 is 0 Å². The smallest absolute Gasteiger partial charge is 0.206 e. The molecule has 2 rings (SSSR count). The van der Waals surface area contributed by atoms with Crippen LogP contribution in [0.1, 0.15) is 5.56 Å². The van der Waals surface area contributed by atoms with Gasteiger partial charge in [-0.2, -0.15) is 0 Å². The van der Waals surface area contributed by atoms with E-state index in [-0.39, 0.29) is 0 Å². The first-order valence-electron chi connectivity index (χ1n) is 4.21. The molecule has 1 N–H and O–H groups in total. The van der Waals surface area contributed by atoms with Crippen LogP contribution < -0.4 is 5.32 Å². The zero-order valence-electron chi connectivity index (χ0n) is 7.58. The monoisotopic (exact) mass is 347 g/mol. The normalized spacial score (nSPS) is 10.3. The molecule has 0 amide bonds. The highest BCUT2D eigenvalue weighted by atomic mass is 79.9. The van der Waals surface area contributed by atoms with E-state index in [1.54, 1.807) is 0 Å². The van der Waals surface area contributed by atoms with Crippen LogP contribution >= 0.6 is 43.2 Å². The minimum atomic E-state index is 0.759. The van der Waals surface area contributed by atoms with Gasteiger partial charge in [-0.1, -0.05) is 39.4 Å². The Morgan fingerprint density at radius 1 is 1.13 bits per heavy atom. The van der Waals surface area contributed by atoms with Gasteiger partial charge in [-0.3, -0.25) is 0 Å². The molecule has 0 spiro atoms. The average molecular weight is 349 g/mol. The van der Waals surface area contributed by atoms with Crippen molar-refractivity contribution in [3.63, 3.8) is 0 Å². The molecule has 0 aliphatic rings. The van der Waals surface area contributed by atoms with Crippen molar-refractivity contribution in [1.82, 2.24) is 10.2 Å². The fourth-order valence-electron chi connectivity index (χ4n) is 1.06. The molecule has 3 nitrogen and oxygen atoms in total. The SMILES string of the molecule is Brc1ccc(CNc2nnc(Br)s2)cc1. The molecule has 2 aromatic rings. The zero-order valence-corrected chi connectivity index (χ0v) is 11.6. The quantitative estimate of drug-likeness (QED) is 0.919. The molecule has 0 aliphatic heterocycles. The van der Waals surface area contributed by atoms with Gasteiger partial charge in [0.05, 0.1) is 0 Å². The van der Waals surface area contributed by atoms with E-state index in [1.165, 1.54) is 16.9 Å². The summed E-state index contributed by atoms with van der Waals surface area (Å²) in [6.45, 7) is 0.759. The van der Waals surface area contributed by atoms with Crippen LogP contribution in [0.3, 0.4) is 0 Å². The number of halogens is 2. The lowest BCUT2D eigenvalue weighted by Gasteiger charge is -2.01. The number of nitrogens with one attached hydrogen (secondary N) is 1. The summed E-state index contributed by atoms with van der Waals surface area (Å²) in [5, 5.41) is 11.8. The maximum atomic E-state index is 3.95. The predicted octanol–water partition coefficient (Wildman–Crippen LogP) is 3.68. The molecular weight excluding hydrogens is 342 g/mol. The summed E-state index contributed by atoms with van der Waals surface area (Å²) in [4.78, 5) is 0. The van der Waals surface area contributed by atoms with Gasteiger partial charge in [-0.05, 0) is 33.6 Å². The van der Waals surface area contributed by atoms with Crippen molar-refractivity contribution in [2.45, 2.75) is 6.54 Å². The highest BCUT2D eigenvalue weighted by molar-refractivity contribution is 9.11. The third kappa shape index (κ3) is 3.25. The van der Waals surface area contributed by atoms with E-state index < -0.39 is 0 Å². The Morgan fingerprint density at radius 2 is 1.87 bits per heavy atom. The molecular formula is C9H7Br2N3S. The van der Waals surface area contributed by atoms with Crippen LogP contribution in [-0.2, 0) is 6.54 Å². The largest absolute Gasteiger partial charge is 0.356 e.